The molecule has 0 amide bonds. The smallest absolute Gasteiger partial charge is 0.303 e. The molecule has 2 aromatic heterocycles. The molecule has 0 radical (unpaired) electrons. The summed E-state index contributed by atoms with van der Waals surface area (Å²) in [5.41, 5.74) is 1.43. The van der Waals surface area contributed by atoms with E-state index in [0.717, 1.165) is 24.1 Å². The van der Waals surface area contributed by atoms with Crippen molar-refractivity contribution in [3.63, 3.8) is 0 Å². The lowest BCUT2D eigenvalue weighted by Gasteiger charge is -2.08. The van der Waals surface area contributed by atoms with E-state index in [4.69, 9.17) is 9.52 Å². The van der Waals surface area contributed by atoms with E-state index in [-0.39, 0.29) is 6.42 Å². The van der Waals surface area contributed by atoms with Crippen LogP contribution in [-0.4, -0.2) is 21.3 Å². The van der Waals surface area contributed by atoms with Crippen molar-refractivity contribution in [3.05, 3.63) is 22.4 Å². The summed E-state index contributed by atoms with van der Waals surface area (Å²) in [6, 6.07) is 2.18. The quantitative estimate of drug-likeness (QED) is 0.827. The summed E-state index contributed by atoms with van der Waals surface area (Å²) in [6.07, 6.45) is 7.09. The number of aliphatic carboxylic acids is 1. The predicted octanol–water partition coefficient (Wildman–Crippen LogP) is 3.47. The van der Waals surface area contributed by atoms with E-state index in [2.05, 4.69) is 16.3 Å². The van der Waals surface area contributed by atoms with Crippen LogP contribution in [0.15, 0.2) is 10.5 Å². The first kappa shape index (κ1) is 14.3. The first-order valence-electron chi connectivity index (χ1n) is 7.38. The Kier molecular flexibility index (Phi) is 4.34. The molecule has 0 fully saturated rings. The molecular weight excluding hydrogens is 288 g/mol. The van der Waals surface area contributed by atoms with Gasteiger partial charge in [0.2, 0.25) is 5.89 Å². The van der Waals surface area contributed by atoms with Crippen molar-refractivity contribution in [2.45, 2.75) is 51.4 Å². The van der Waals surface area contributed by atoms with E-state index < -0.39 is 5.97 Å². The molecule has 2 heterocycles. The number of nitrogens with zero attached hydrogens (tertiary/aromatic N) is 2. The van der Waals surface area contributed by atoms with Crippen molar-refractivity contribution in [2.75, 3.05) is 0 Å². The zero-order chi connectivity index (χ0) is 14.7. The van der Waals surface area contributed by atoms with Gasteiger partial charge in [-0.2, -0.15) is 0 Å². The zero-order valence-electron chi connectivity index (χ0n) is 11.8. The van der Waals surface area contributed by atoms with E-state index in [9.17, 15) is 4.79 Å². The molecule has 0 aliphatic heterocycles. The van der Waals surface area contributed by atoms with Crippen molar-refractivity contribution in [2.24, 2.45) is 0 Å². The van der Waals surface area contributed by atoms with Crippen LogP contribution < -0.4 is 0 Å². The number of carboxylic acid groups (broad SMARTS) is 1. The summed E-state index contributed by atoms with van der Waals surface area (Å²) < 4.78 is 5.70. The summed E-state index contributed by atoms with van der Waals surface area (Å²) >= 11 is 1.76. The summed E-state index contributed by atoms with van der Waals surface area (Å²) in [7, 11) is 0. The molecule has 0 saturated carbocycles. The van der Waals surface area contributed by atoms with Gasteiger partial charge in [-0.25, -0.2) is 0 Å². The van der Waals surface area contributed by atoms with Crippen LogP contribution in [0.4, 0.5) is 0 Å². The first-order valence-corrected chi connectivity index (χ1v) is 8.20. The molecule has 1 N–H and O–H groups in total. The van der Waals surface area contributed by atoms with Gasteiger partial charge in [0.05, 0.1) is 4.88 Å². The Morgan fingerprint density at radius 1 is 1.29 bits per heavy atom. The number of thiophene rings is 1. The number of aryl methyl sites for hydroxylation is 3. The number of hydrogen-bond donors (Lipinski definition) is 1. The van der Waals surface area contributed by atoms with Crippen LogP contribution >= 0.6 is 11.3 Å². The maximum absolute atomic E-state index is 10.4. The summed E-state index contributed by atoms with van der Waals surface area (Å²) in [4.78, 5) is 13.0. The Morgan fingerprint density at radius 3 is 2.95 bits per heavy atom. The average molecular weight is 306 g/mol. The van der Waals surface area contributed by atoms with Gasteiger partial charge in [0, 0.05) is 17.7 Å². The van der Waals surface area contributed by atoms with Crippen LogP contribution in [0.1, 0.15) is 48.4 Å². The van der Waals surface area contributed by atoms with Crippen molar-refractivity contribution in [3.8, 4) is 10.8 Å². The van der Waals surface area contributed by atoms with Crippen LogP contribution in [-0.2, 0) is 24.1 Å². The van der Waals surface area contributed by atoms with Crippen LogP contribution in [0, 0.1) is 0 Å². The van der Waals surface area contributed by atoms with Crippen LogP contribution in [0.3, 0.4) is 0 Å². The van der Waals surface area contributed by atoms with Gasteiger partial charge in [0.1, 0.15) is 0 Å². The lowest BCUT2D eigenvalue weighted by molar-refractivity contribution is -0.137. The second kappa shape index (κ2) is 6.39. The molecule has 0 spiro atoms. The molecule has 3 rings (SSSR count). The molecule has 0 unspecified atom stereocenters. The van der Waals surface area contributed by atoms with Gasteiger partial charge in [0.25, 0.3) is 5.89 Å². The number of rotatable bonds is 6. The second-order valence-electron chi connectivity index (χ2n) is 5.37. The molecule has 5 nitrogen and oxygen atoms in total. The molecule has 1 aliphatic rings. The molecule has 0 aromatic carbocycles. The van der Waals surface area contributed by atoms with Crippen LogP contribution in [0.2, 0.25) is 0 Å². The third-order valence-electron chi connectivity index (χ3n) is 3.71. The Morgan fingerprint density at radius 2 is 2.14 bits per heavy atom. The molecule has 112 valence electrons. The number of carbonyl (C=O) groups is 1. The molecule has 1 aliphatic carbocycles. The Balaban J connectivity index is 1.62. The maximum Gasteiger partial charge on any atom is 0.303 e. The third kappa shape index (κ3) is 3.50. The normalized spacial score (nSPS) is 14.1. The van der Waals surface area contributed by atoms with Crippen molar-refractivity contribution in [1.82, 2.24) is 10.2 Å². The minimum absolute atomic E-state index is 0.193. The first-order chi connectivity index (χ1) is 10.2. The predicted molar refractivity (Wildman–Crippen MR) is 79.4 cm³/mol. The summed E-state index contributed by atoms with van der Waals surface area (Å²) in [5.74, 6) is 0.440. The molecule has 0 saturated heterocycles. The highest BCUT2D eigenvalue weighted by atomic mass is 32.1. The van der Waals surface area contributed by atoms with Crippen molar-refractivity contribution in [1.29, 1.82) is 0 Å². The van der Waals surface area contributed by atoms with Crippen molar-refractivity contribution >= 4 is 17.3 Å². The van der Waals surface area contributed by atoms with Gasteiger partial charge in [-0.15, -0.1) is 21.5 Å². The average Bonchev–Trinajstić information content (AvgIpc) is 3.09. The summed E-state index contributed by atoms with van der Waals surface area (Å²) in [6.45, 7) is 0. The third-order valence-corrected chi connectivity index (χ3v) is 4.93. The number of aromatic nitrogens is 2. The number of hydrogen-bond acceptors (Lipinski definition) is 5. The molecular formula is C15H18N2O3S. The molecule has 0 atom stereocenters. The van der Waals surface area contributed by atoms with E-state index in [1.165, 1.54) is 23.3 Å². The fourth-order valence-corrected chi connectivity index (χ4v) is 3.78. The van der Waals surface area contributed by atoms with E-state index in [1.807, 2.05) is 0 Å². The van der Waals surface area contributed by atoms with Gasteiger partial charge >= 0.3 is 5.97 Å². The van der Waals surface area contributed by atoms with Gasteiger partial charge < -0.3 is 9.52 Å². The van der Waals surface area contributed by atoms with Gasteiger partial charge in [-0.3, -0.25) is 4.79 Å². The number of fused-ring (bicyclic) bond motifs is 1. The molecule has 6 heteroatoms. The van der Waals surface area contributed by atoms with E-state index >= 15 is 0 Å². The van der Waals surface area contributed by atoms with Crippen LogP contribution in [0.25, 0.3) is 10.8 Å². The van der Waals surface area contributed by atoms with Crippen LogP contribution in [0.5, 0.6) is 0 Å². The standard InChI is InChI=1S/C15H18N2O3S/c18-14(19)8-4-3-7-13-16-17-15(20-13)12-9-10-5-1-2-6-11(10)21-12/h9H,1-8H2,(H,18,19). The largest absolute Gasteiger partial charge is 0.481 e. The molecule has 0 bridgehead atoms. The Bertz CT molecular complexity index is 609. The van der Waals surface area contributed by atoms with Gasteiger partial charge in [-0.05, 0) is 50.2 Å². The SMILES string of the molecule is O=C(O)CCCCc1nnc(-c2cc3c(s2)CCCC3)o1. The maximum atomic E-state index is 10.4. The van der Waals surface area contributed by atoms with Gasteiger partial charge in [0.15, 0.2) is 0 Å². The number of unbranched alkanes of at least 4 members (excludes halogenated alkanes) is 1. The topological polar surface area (TPSA) is 76.2 Å². The van der Waals surface area contributed by atoms with E-state index in [1.54, 1.807) is 11.3 Å². The Hall–Kier alpha value is -1.69. The Labute approximate surface area is 127 Å². The minimum Gasteiger partial charge on any atom is -0.481 e. The minimum atomic E-state index is -0.759. The highest BCUT2D eigenvalue weighted by Gasteiger charge is 2.17. The highest BCUT2D eigenvalue weighted by Crippen LogP contribution is 2.35. The van der Waals surface area contributed by atoms with Gasteiger partial charge in [-0.1, -0.05) is 0 Å². The zero-order valence-corrected chi connectivity index (χ0v) is 12.6. The van der Waals surface area contributed by atoms with Crippen molar-refractivity contribution < 1.29 is 14.3 Å². The monoisotopic (exact) mass is 306 g/mol. The van der Waals surface area contributed by atoms with E-state index in [0.29, 0.717) is 24.6 Å². The summed E-state index contributed by atoms with van der Waals surface area (Å²) in [5, 5.41) is 16.8. The highest BCUT2D eigenvalue weighted by molar-refractivity contribution is 7.15. The fourth-order valence-electron chi connectivity index (χ4n) is 2.60. The molecule has 21 heavy (non-hydrogen) atoms. The lowest BCUT2D eigenvalue weighted by atomic mass is 9.99. The molecule has 2 aromatic rings. The number of carboxylic acids is 1. The fraction of sp³-hybridized carbons (Fsp3) is 0.533. The lowest BCUT2D eigenvalue weighted by Crippen LogP contribution is -1.96. The second-order valence-corrected chi connectivity index (χ2v) is 6.50.